The van der Waals surface area contributed by atoms with E-state index in [1.807, 2.05) is 0 Å². The van der Waals surface area contributed by atoms with Crippen molar-refractivity contribution in [2.45, 2.75) is 19.6 Å². The number of nitro benzene ring substituents is 1. The number of esters is 1. The van der Waals surface area contributed by atoms with Gasteiger partial charge < -0.3 is 14.5 Å². The number of nitro groups is 1. The topological polar surface area (TPSA) is 134 Å². The molecule has 0 aliphatic rings. The Morgan fingerprint density at radius 3 is 2.76 bits per heavy atom. The Hall–Kier alpha value is -4.02. The van der Waals surface area contributed by atoms with Crippen LogP contribution in [0.1, 0.15) is 6.92 Å². The molecule has 10 nitrogen and oxygen atoms in total. The van der Waals surface area contributed by atoms with Crippen LogP contribution in [0.4, 0.5) is 15.8 Å². The maximum absolute atomic E-state index is 13.2. The average molecular weight is 403 g/mol. The van der Waals surface area contributed by atoms with E-state index in [0.717, 1.165) is 22.8 Å². The molecule has 1 aromatic heterocycles. The van der Waals surface area contributed by atoms with Gasteiger partial charge in [0.15, 0.2) is 11.7 Å². The number of nitrogens with one attached hydrogen (secondary N) is 1. The number of nitrogens with zero attached hydrogens (tertiary/aromatic N) is 2. The summed E-state index contributed by atoms with van der Waals surface area (Å²) < 4.78 is 24.0. The first kappa shape index (κ1) is 19.7. The Balaban J connectivity index is 1.68. The van der Waals surface area contributed by atoms with Gasteiger partial charge in [0.2, 0.25) is 0 Å². The van der Waals surface area contributed by atoms with Gasteiger partial charge in [0.05, 0.1) is 16.5 Å². The fourth-order valence-electron chi connectivity index (χ4n) is 2.55. The van der Waals surface area contributed by atoms with Gasteiger partial charge in [-0.3, -0.25) is 24.3 Å². The number of anilines is 1. The summed E-state index contributed by atoms with van der Waals surface area (Å²) in [6.07, 6.45) is -1.22. The summed E-state index contributed by atoms with van der Waals surface area (Å²) in [6.45, 7) is 0.743. The lowest BCUT2D eigenvalue weighted by molar-refractivity contribution is -0.384. The number of aromatic nitrogens is 1. The van der Waals surface area contributed by atoms with Crippen LogP contribution in [0.25, 0.3) is 11.1 Å². The Bertz CT molecular complexity index is 1170. The van der Waals surface area contributed by atoms with Gasteiger partial charge in [-0.25, -0.2) is 9.18 Å². The predicted octanol–water partition coefficient (Wildman–Crippen LogP) is 2.21. The normalized spacial score (nSPS) is 11.8. The number of fused-ring (bicyclic) bond motifs is 1. The number of rotatable bonds is 6. The summed E-state index contributed by atoms with van der Waals surface area (Å²) in [7, 11) is 0. The lowest BCUT2D eigenvalue weighted by Crippen LogP contribution is -2.32. The summed E-state index contributed by atoms with van der Waals surface area (Å²) in [5.41, 5.74) is 0.0171. The van der Waals surface area contributed by atoms with Gasteiger partial charge in [0.25, 0.3) is 11.6 Å². The standard InChI is InChI=1S/C18H14FN3O7/c1-10(17(24)20-12-4-2-3-11(19)7-12)28-16(23)9-21-14-6-5-13(22(26)27)8-15(14)29-18(21)25/h2-8,10H,9H2,1H3,(H,20,24)/t10-/m0/s1. The van der Waals surface area contributed by atoms with E-state index in [9.17, 15) is 28.9 Å². The van der Waals surface area contributed by atoms with Gasteiger partial charge in [0.1, 0.15) is 12.4 Å². The maximum Gasteiger partial charge on any atom is 0.420 e. The zero-order chi connectivity index (χ0) is 21.1. The van der Waals surface area contributed by atoms with Crippen LogP contribution in [0.3, 0.4) is 0 Å². The van der Waals surface area contributed by atoms with Crippen molar-refractivity contribution in [3.05, 3.63) is 68.9 Å². The summed E-state index contributed by atoms with van der Waals surface area (Å²) in [6, 6.07) is 8.67. The van der Waals surface area contributed by atoms with Gasteiger partial charge in [-0.05, 0) is 31.2 Å². The number of oxazole rings is 1. The minimum atomic E-state index is -1.22. The fraction of sp³-hybridized carbons (Fsp3) is 0.167. The third-order valence-electron chi connectivity index (χ3n) is 3.92. The number of carbonyl (C=O) groups excluding carboxylic acids is 2. The SMILES string of the molecule is C[C@H](OC(=O)Cn1c(=O)oc2cc([N+](=O)[O-])ccc21)C(=O)Nc1cccc(F)c1. The molecule has 0 aliphatic heterocycles. The van der Waals surface area contributed by atoms with E-state index >= 15 is 0 Å². The minimum absolute atomic E-state index is 0.0612. The van der Waals surface area contributed by atoms with Crippen molar-refractivity contribution >= 4 is 34.4 Å². The van der Waals surface area contributed by atoms with Crippen molar-refractivity contribution in [1.82, 2.24) is 4.57 Å². The first-order valence-electron chi connectivity index (χ1n) is 8.28. The number of ether oxygens (including phenoxy) is 1. The number of halogens is 1. The molecule has 0 fully saturated rings. The van der Waals surface area contributed by atoms with Gasteiger partial charge in [-0.2, -0.15) is 0 Å². The van der Waals surface area contributed by atoms with Crippen molar-refractivity contribution < 1.29 is 28.1 Å². The molecule has 0 bridgehead atoms. The number of hydrogen-bond donors (Lipinski definition) is 1. The highest BCUT2D eigenvalue weighted by molar-refractivity contribution is 5.95. The third-order valence-corrected chi connectivity index (χ3v) is 3.92. The Labute approximate surface area is 161 Å². The number of non-ortho nitro benzene ring substituents is 1. The van der Waals surface area contributed by atoms with Crippen LogP contribution in [-0.2, 0) is 20.9 Å². The van der Waals surface area contributed by atoms with Crippen molar-refractivity contribution in [3.8, 4) is 0 Å². The summed E-state index contributed by atoms with van der Waals surface area (Å²) in [5.74, 6) is -3.05. The van der Waals surface area contributed by atoms with Crippen LogP contribution in [-0.4, -0.2) is 27.5 Å². The number of amides is 1. The summed E-state index contributed by atoms with van der Waals surface area (Å²) in [5, 5.41) is 13.2. The van der Waals surface area contributed by atoms with Crippen molar-refractivity contribution in [2.24, 2.45) is 0 Å². The fourth-order valence-corrected chi connectivity index (χ4v) is 2.55. The number of benzene rings is 2. The summed E-state index contributed by atoms with van der Waals surface area (Å²) in [4.78, 5) is 46.3. The molecule has 0 saturated heterocycles. The number of carbonyl (C=O) groups is 2. The van der Waals surface area contributed by atoms with Crippen molar-refractivity contribution in [1.29, 1.82) is 0 Å². The Morgan fingerprint density at radius 1 is 1.31 bits per heavy atom. The van der Waals surface area contributed by atoms with E-state index in [2.05, 4.69) is 5.32 Å². The van der Waals surface area contributed by atoms with Crippen LogP contribution in [0.15, 0.2) is 51.7 Å². The molecular formula is C18H14FN3O7. The van der Waals surface area contributed by atoms with Crippen LogP contribution < -0.4 is 11.1 Å². The molecule has 1 N–H and O–H groups in total. The second kappa shape index (κ2) is 7.92. The molecule has 3 aromatic rings. The average Bonchev–Trinajstić information content (AvgIpc) is 2.96. The first-order chi connectivity index (χ1) is 13.7. The second-order valence-electron chi connectivity index (χ2n) is 5.99. The molecule has 0 unspecified atom stereocenters. The lowest BCUT2D eigenvalue weighted by Gasteiger charge is -2.13. The van der Waals surface area contributed by atoms with E-state index < -0.39 is 41.0 Å². The molecule has 29 heavy (non-hydrogen) atoms. The van der Waals surface area contributed by atoms with E-state index in [1.54, 1.807) is 0 Å². The number of hydrogen-bond acceptors (Lipinski definition) is 7. The van der Waals surface area contributed by atoms with Crippen LogP contribution in [0.2, 0.25) is 0 Å². The lowest BCUT2D eigenvalue weighted by atomic mass is 10.3. The zero-order valence-electron chi connectivity index (χ0n) is 15.0. The minimum Gasteiger partial charge on any atom is -0.451 e. The highest BCUT2D eigenvalue weighted by atomic mass is 19.1. The Morgan fingerprint density at radius 2 is 2.07 bits per heavy atom. The van der Waals surface area contributed by atoms with Crippen LogP contribution in [0.5, 0.6) is 0 Å². The molecule has 0 aliphatic carbocycles. The van der Waals surface area contributed by atoms with Gasteiger partial charge in [0, 0.05) is 11.8 Å². The smallest absolute Gasteiger partial charge is 0.420 e. The van der Waals surface area contributed by atoms with Gasteiger partial charge in [-0.1, -0.05) is 6.07 Å². The molecular weight excluding hydrogens is 389 g/mol. The largest absolute Gasteiger partial charge is 0.451 e. The van der Waals surface area contributed by atoms with Crippen LogP contribution >= 0.6 is 0 Å². The highest BCUT2D eigenvalue weighted by Crippen LogP contribution is 2.20. The van der Waals surface area contributed by atoms with E-state index in [1.165, 1.54) is 31.2 Å². The zero-order valence-corrected chi connectivity index (χ0v) is 15.0. The second-order valence-corrected chi connectivity index (χ2v) is 5.99. The molecule has 3 rings (SSSR count). The van der Waals surface area contributed by atoms with Crippen LogP contribution in [0, 0.1) is 15.9 Å². The molecule has 11 heteroatoms. The van der Waals surface area contributed by atoms with E-state index in [-0.39, 0.29) is 22.5 Å². The maximum atomic E-state index is 13.2. The van der Waals surface area contributed by atoms with Crippen molar-refractivity contribution in [2.75, 3.05) is 5.32 Å². The quantitative estimate of drug-likeness (QED) is 0.379. The molecule has 1 atom stereocenters. The third kappa shape index (κ3) is 4.46. The Kier molecular flexibility index (Phi) is 5.39. The van der Waals surface area contributed by atoms with E-state index in [4.69, 9.17) is 9.15 Å². The molecule has 150 valence electrons. The molecule has 0 radical (unpaired) electrons. The highest BCUT2D eigenvalue weighted by Gasteiger charge is 2.21. The molecule has 2 aromatic carbocycles. The molecule has 1 amide bonds. The van der Waals surface area contributed by atoms with Gasteiger partial charge >= 0.3 is 11.7 Å². The molecule has 0 saturated carbocycles. The molecule has 1 heterocycles. The van der Waals surface area contributed by atoms with Gasteiger partial charge in [-0.15, -0.1) is 0 Å². The first-order valence-corrected chi connectivity index (χ1v) is 8.28. The van der Waals surface area contributed by atoms with Crippen molar-refractivity contribution in [3.63, 3.8) is 0 Å². The summed E-state index contributed by atoms with van der Waals surface area (Å²) >= 11 is 0. The predicted molar refractivity (Wildman–Crippen MR) is 97.7 cm³/mol. The monoisotopic (exact) mass is 403 g/mol. The molecule has 0 spiro atoms. The van der Waals surface area contributed by atoms with E-state index in [0.29, 0.717) is 0 Å².